The topological polar surface area (TPSA) is 60.7 Å². The Hall–Kier alpha value is -2.94. The minimum Gasteiger partial charge on any atom is -0.507 e. The van der Waals surface area contributed by atoms with Gasteiger partial charge in [0.05, 0.1) is 0 Å². The molecule has 0 spiro atoms. The molecule has 0 unspecified atom stereocenters. The van der Waals surface area contributed by atoms with Crippen LogP contribution in [-0.2, 0) is 21.7 Å². The SMILES string of the molecule is Cc1c(O)c(-c2cc(C(C)(C)C)cc(C(C)(C)C)c2)c(C)c(-c2cc(C(C)(C)C)c(O)c(C(C)(C)C)c2)c1O. The minimum absolute atomic E-state index is 0.0715. The Morgan fingerprint density at radius 2 is 0.744 bits per heavy atom. The van der Waals surface area contributed by atoms with Crippen LogP contribution in [0.3, 0.4) is 0 Å². The minimum atomic E-state index is -0.305. The number of rotatable bonds is 2. The molecule has 0 bridgehead atoms. The van der Waals surface area contributed by atoms with Crippen LogP contribution in [0.15, 0.2) is 30.3 Å². The maximum absolute atomic E-state index is 11.5. The second kappa shape index (κ2) is 9.61. The van der Waals surface area contributed by atoms with Gasteiger partial charge in [0.2, 0.25) is 0 Å². The van der Waals surface area contributed by atoms with Gasteiger partial charge < -0.3 is 15.3 Å². The van der Waals surface area contributed by atoms with E-state index in [-0.39, 0.29) is 33.2 Å². The molecule has 212 valence electrons. The summed E-state index contributed by atoms with van der Waals surface area (Å²) in [6.45, 7) is 29.5. The summed E-state index contributed by atoms with van der Waals surface area (Å²) >= 11 is 0. The monoisotopic (exact) mass is 530 g/mol. The first-order chi connectivity index (χ1) is 17.5. The van der Waals surface area contributed by atoms with Crippen molar-refractivity contribution in [3.05, 3.63) is 63.7 Å². The van der Waals surface area contributed by atoms with Crippen molar-refractivity contribution >= 4 is 0 Å². The molecule has 0 atom stereocenters. The van der Waals surface area contributed by atoms with Crippen molar-refractivity contribution in [2.24, 2.45) is 0 Å². The van der Waals surface area contributed by atoms with E-state index in [1.54, 1.807) is 6.92 Å². The van der Waals surface area contributed by atoms with Gasteiger partial charge in [-0.2, -0.15) is 0 Å². The first-order valence-electron chi connectivity index (χ1n) is 14.1. The third-order valence-corrected chi connectivity index (χ3v) is 7.90. The highest BCUT2D eigenvalue weighted by Gasteiger charge is 2.30. The van der Waals surface area contributed by atoms with Crippen molar-refractivity contribution in [1.82, 2.24) is 0 Å². The third-order valence-electron chi connectivity index (χ3n) is 7.90. The second-order valence-corrected chi connectivity index (χ2v) is 15.4. The van der Waals surface area contributed by atoms with E-state index in [1.165, 1.54) is 11.1 Å². The Morgan fingerprint density at radius 3 is 1.05 bits per heavy atom. The zero-order valence-corrected chi connectivity index (χ0v) is 26.7. The summed E-state index contributed by atoms with van der Waals surface area (Å²) in [5.74, 6) is 0.479. The molecule has 0 amide bonds. The molecule has 0 aliphatic carbocycles. The molecule has 0 aromatic heterocycles. The van der Waals surface area contributed by atoms with Crippen LogP contribution in [0.2, 0.25) is 0 Å². The van der Waals surface area contributed by atoms with Crippen molar-refractivity contribution in [1.29, 1.82) is 0 Å². The van der Waals surface area contributed by atoms with Gasteiger partial charge in [-0.25, -0.2) is 0 Å². The van der Waals surface area contributed by atoms with Crippen LogP contribution in [0.4, 0.5) is 0 Å². The Morgan fingerprint density at radius 1 is 0.410 bits per heavy atom. The number of benzene rings is 3. The number of aromatic hydroxyl groups is 3. The van der Waals surface area contributed by atoms with Gasteiger partial charge >= 0.3 is 0 Å². The highest BCUT2D eigenvalue weighted by Crippen LogP contribution is 2.50. The summed E-state index contributed by atoms with van der Waals surface area (Å²) in [6, 6.07) is 10.6. The van der Waals surface area contributed by atoms with Crippen LogP contribution >= 0.6 is 0 Å². The quantitative estimate of drug-likeness (QED) is 0.309. The Kier molecular flexibility index (Phi) is 7.54. The summed E-state index contributed by atoms with van der Waals surface area (Å²) in [7, 11) is 0. The van der Waals surface area contributed by atoms with E-state index in [2.05, 4.69) is 101 Å². The molecule has 0 saturated heterocycles. The van der Waals surface area contributed by atoms with Gasteiger partial charge in [-0.05, 0) is 75.5 Å². The van der Waals surface area contributed by atoms with Gasteiger partial charge in [-0.1, -0.05) is 101 Å². The van der Waals surface area contributed by atoms with Crippen molar-refractivity contribution in [2.75, 3.05) is 0 Å². The molecule has 0 radical (unpaired) electrons. The standard InChI is InChI=1S/C36H50O3/c1-20-28(22-15-24(33(3,4)5)19-25(16-22)34(6,7)8)30(37)21(2)31(38)29(20)23-17-26(35(9,10)11)32(39)27(18-23)36(12,13)14/h15-19,37-39H,1-14H3. The van der Waals surface area contributed by atoms with Crippen molar-refractivity contribution in [3.63, 3.8) is 0 Å². The van der Waals surface area contributed by atoms with Crippen molar-refractivity contribution in [3.8, 4) is 39.5 Å². The molecule has 3 aromatic rings. The molecule has 3 N–H and O–H groups in total. The molecule has 3 rings (SSSR count). The lowest BCUT2D eigenvalue weighted by Gasteiger charge is -2.29. The normalized spacial score (nSPS) is 13.2. The molecule has 3 heteroatoms. The summed E-state index contributed by atoms with van der Waals surface area (Å²) in [5, 5.41) is 34.3. The van der Waals surface area contributed by atoms with Crippen LogP contribution in [0.25, 0.3) is 22.3 Å². The van der Waals surface area contributed by atoms with E-state index in [1.807, 2.05) is 19.1 Å². The first-order valence-corrected chi connectivity index (χ1v) is 14.1. The van der Waals surface area contributed by atoms with Crippen LogP contribution < -0.4 is 0 Å². The fourth-order valence-electron chi connectivity index (χ4n) is 5.23. The van der Waals surface area contributed by atoms with E-state index in [0.717, 1.165) is 33.4 Å². The van der Waals surface area contributed by atoms with Gasteiger partial charge in [-0.3, -0.25) is 0 Å². The molecule has 3 nitrogen and oxygen atoms in total. The summed E-state index contributed by atoms with van der Waals surface area (Å²) < 4.78 is 0. The second-order valence-electron chi connectivity index (χ2n) is 15.4. The molecule has 0 fully saturated rings. The average molecular weight is 531 g/mol. The summed E-state index contributed by atoms with van der Waals surface area (Å²) in [6.07, 6.45) is 0. The van der Waals surface area contributed by atoms with Crippen LogP contribution in [0, 0.1) is 13.8 Å². The van der Waals surface area contributed by atoms with E-state index in [4.69, 9.17) is 0 Å². The molecular weight excluding hydrogens is 480 g/mol. The molecule has 0 aliphatic rings. The molecule has 0 heterocycles. The average Bonchev–Trinajstić information content (AvgIpc) is 2.75. The highest BCUT2D eigenvalue weighted by atomic mass is 16.3. The first kappa shape index (κ1) is 30.6. The van der Waals surface area contributed by atoms with Gasteiger partial charge in [0.1, 0.15) is 17.2 Å². The lowest BCUT2D eigenvalue weighted by Crippen LogP contribution is -2.17. The van der Waals surface area contributed by atoms with Crippen molar-refractivity contribution < 1.29 is 15.3 Å². The van der Waals surface area contributed by atoms with Gasteiger partial charge in [0.25, 0.3) is 0 Å². The number of hydrogen-bond acceptors (Lipinski definition) is 3. The van der Waals surface area contributed by atoms with Gasteiger partial charge in [0, 0.05) is 27.8 Å². The molecule has 39 heavy (non-hydrogen) atoms. The zero-order valence-electron chi connectivity index (χ0n) is 26.7. The van der Waals surface area contributed by atoms with E-state index in [9.17, 15) is 15.3 Å². The predicted octanol–water partition coefficient (Wildman–Crippen LogP) is 9.94. The maximum atomic E-state index is 11.5. The van der Waals surface area contributed by atoms with Crippen LogP contribution in [0.1, 0.15) is 116 Å². The predicted molar refractivity (Wildman–Crippen MR) is 167 cm³/mol. The fourth-order valence-corrected chi connectivity index (χ4v) is 5.23. The molecule has 3 aromatic carbocycles. The highest BCUT2D eigenvalue weighted by molar-refractivity contribution is 5.89. The van der Waals surface area contributed by atoms with Gasteiger partial charge in [-0.15, -0.1) is 0 Å². The van der Waals surface area contributed by atoms with Gasteiger partial charge in [0.15, 0.2) is 0 Å². The largest absolute Gasteiger partial charge is 0.507 e. The molecule has 0 saturated carbocycles. The number of hydrogen-bond donors (Lipinski definition) is 3. The van der Waals surface area contributed by atoms with Crippen LogP contribution in [-0.4, -0.2) is 15.3 Å². The lowest BCUT2D eigenvalue weighted by molar-refractivity contribution is 0.423. The molecule has 0 aliphatic heterocycles. The molecular formula is C36H50O3. The lowest BCUT2D eigenvalue weighted by atomic mass is 9.76. The summed E-state index contributed by atoms with van der Waals surface area (Å²) in [4.78, 5) is 0. The van der Waals surface area contributed by atoms with Crippen LogP contribution in [0.5, 0.6) is 17.2 Å². The van der Waals surface area contributed by atoms with E-state index < -0.39 is 0 Å². The summed E-state index contributed by atoms with van der Waals surface area (Å²) in [5.41, 5.74) is 7.78. The van der Waals surface area contributed by atoms with E-state index >= 15 is 0 Å². The zero-order chi connectivity index (χ0) is 30.0. The third kappa shape index (κ3) is 5.83. The maximum Gasteiger partial charge on any atom is 0.130 e. The Balaban J connectivity index is 2.51. The number of phenolic OH excluding ortho intramolecular Hbond substituents is 3. The number of phenols is 3. The van der Waals surface area contributed by atoms with Crippen molar-refractivity contribution in [2.45, 2.75) is 119 Å². The van der Waals surface area contributed by atoms with E-state index in [0.29, 0.717) is 16.9 Å². The Bertz CT molecular complexity index is 1350. The smallest absolute Gasteiger partial charge is 0.130 e. The Labute approximate surface area is 236 Å². The fraction of sp³-hybridized carbons (Fsp3) is 0.500.